The van der Waals surface area contributed by atoms with E-state index in [1.807, 2.05) is 54.6 Å². The Morgan fingerprint density at radius 2 is 1.77 bits per heavy atom. The van der Waals surface area contributed by atoms with Gasteiger partial charge in [-0.15, -0.1) is 0 Å². The summed E-state index contributed by atoms with van der Waals surface area (Å²) < 4.78 is 5.87. The highest BCUT2D eigenvalue weighted by Crippen LogP contribution is 2.30. The van der Waals surface area contributed by atoms with Gasteiger partial charge < -0.3 is 14.7 Å². The number of carboxylic acids is 1. The molecule has 0 atom stereocenters. The van der Waals surface area contributed by atoms with Crippen molar-refractivity contribution in [3.63, 3.8) is 0 Å². The lowest BCUT2D eigenvalue weighted by Gasteiger charge is -2.31. The average molecular weight is 468 g/mol. The number of carbonyl (C=O) groups excluding carboxylic acids is 1. The van der Waals surface area contributed by atoms with Crippen molar-refractivity contribution in [2.24, 2.45) is 5.10 Å². The molecule has 0 aromatic heterocycles. The van der Waals surface area contributed by atoms with Crippen LogP contribution in [0, 0.1) is 0 Å². The lowest BCUT2D eigenvalue weighted by atomic mass is 9.97. The van der Waals surface area contributed by atoms with Crippen LogP contribution in [0.1, 0.15) is 17.5 Å². The van der Waals surface area contributed by atoms with Crippen LogP contribution in [0.4, 0.5) is 11.4 Å². The number of hydrogen-bond acceptors (Lipinski definition) is 5. The zero-order chi connectivity index (χ0) is 24.2. The molecular weight excluding hydrogens is 442 g/mol. The molecule has 0 bridgehead atoms. The maximum atomic E-state index is 13.1. The van der Waals surface area contributed by atoms with E-state index in [1.54, 1.807) is 30.3 Å². The van der Waals surface area contributed by atoms with Gasteiger partial charge in [-0.2, -0.15) is 10.1 Å². The van der Waals surface area contributed by atoms with E-state index >= 15 is 0 Å². The normalized spacial score (nSPS) is 16.3. The second-order valence-electron chi connectivity index (χ2n) is 8.40. The third-order valence-corrected chi connectivity index (χ3v) is 6.08. The molecule has 3 aromatic rings. The molecule has 7 nitrogen and oxygen atoms in total. The number of hydrazone groups is 1. The Labute approximate surface area is 203 Å². The molecule has 5 rings (SSSR count). The van der Waals surface area contributed by atoms with Gasteiger partial charge in [-0.1, -0.05) is 42.5 Å². The fourth-order valence-corrected chi connectivity index (χ4v) is 4.42. The number of amides is 1. The first-order chi connectivity index (χ1) is 17.1. The maximum absolute atomic E-state index is 13.1. The van der Waals surface area contributed by atoms with E-state index in [-0.39, 0.29) is 11.3 Å². The van der Waals surface area contributed by atoms with E-state index in [0.717, 1.165) is 47.9 Å². The molecule has 2 heterocycles. The lowest BCUT2D eigenvalue weighted by molar-refractivity contribution is -0.129. The quantitative estimate of drug-likeness (QED) is 0.521. The molecule has 3 aromatic carbocycles. The van der Waals surface area contributed by atoms with Gasteiger partial charge in [0.15, 0.2) is 5.71 Å². The summed E-state index contributed by atoms with van der Waals surface area (Å²) >= 11 is 0. The third-order valence-electron chi connectivity index (χ3n) is 6.08. The summed E-state index contributed by atoms with van der Waals surface area (Å²) in [6.07, 6.45) is 3.56. The van der Waals surface area contributed by atoms with Crippen LogP contribution in [-0.2, 0) is 16.0 Å². The van der Waals surface area contributed by atoms with E-state index in [2.05, 4.69) is 10.0 Å². The topological polar surface area (TPSA) is 82.4 Å². The van der Waals surface area contributed by atoms with Crippen molar-refractivity contribution in [2.75, 3.05) is 29.6 Å². The zero-order valence-electron chi connectivity index (χ0n) is 19.1. The molecule has 0 saturated heterocycles. The van der Waals surface area contributed by atoms with Gasteiger partial charge in [0.1, 0.15) is 12.4 Å². The molecule has 0 unspecified atom stereocenters. The molecular formula is C28H25N3O4. The fraction of sp³-hybridized carbons (Fsp3) is 0.179. The highest BCUT2D eigenvalue weighted by molar-refractivity contribution is 6.53. The standard InChI is InChI=1S/C28H25N3O4/c32-27-24(26(28(33)34)29-31(27)22-9-3-1-4-10-22)19-20-13-14-25-21(18-20)8-7-15-30(25)16-17-35-23-11-5-2-6-12-23/h1-6,9-14,18-19H,7-8,15-17H2,(H,33,34). The predicted octanol–water partition coefficient (Wildman–Crippen LogP) is 4.39. The van der Waals surface area contributed by atoms with Crippen molar-refractivity contribution < 1.29 is 19.4 Å². The summed E-state index contributed by atoms with van der Waals surface area (Å²) in [7, 11) is 0. The molecule has 0 aliphatic carbocycles. The van der Waals surface area contributed by atoms with E-state index in [0.29, 0.717) is 12.3 Å². The van der Waals surface area contributed by atoms with E-state index in [9.17, 15) is 14.7 Å². The second-order valence-corrected chi connectivity index (χ2v) is 8.40. The first kappa shape index (κ1) is 22.4. The SMILES string of the molecule is O=C(O)C1=NN(c2ccccc2)C(=O)C1=Cc1ccc2c(c1)CCCN2CCOc1ccccc1. The van der Waals surface area contributed by atoms with Crippen molar-refractivity contribution >= 4 is 35.0 Å². The molecule has 1 amide bonds. The number of para-hydroxylation sites is 2. The number of benzene rings is 3. The number of aryl methyl sites for hydroxylation is 1. The molecule has 2 aliphatic heterocycles. The monoisotopic (exact) mass is 467 g/mol. The van der Waals surface area contributed by atoms with Crippen LogP contribution in [0.3, 0.4) is 0 Å². The Hall–Kier alpha value is -4.39. The summed E-state index contributed by atoms with van der Waals surface area (Å²) in [5.41, 5.74) is 3.44. The number of aliphatic carboxylic acids is 1. The molecule has 0 radical (unpaired) electrons. The first-order valence-electron chi connectivity index (χ1n) is 11.6. The number of fused-ring (bicyclic) bond motifs is 1. The van der Waals surface area contributed by atoms with Crippen molar-refractivity contribution in [1.29, 1.82) is 0 Å². The highest BCUT2D eigenvalue weighted by Gasteiger charge is 2.35. The van der Waals surface area contributed by atoms with E-state index < -0.39 is 11.9 Å². The van der Waals surface area contributed by atoms with Gasteiger partial charge in [-0.3, -0.25) is 4.79 Å². The minimum Gasteiger partial charge on any atom is -0.492 e. The van der Waals surface area contributed by atoms with Crippen LogP contribution >= 0.6 is 0 Å². The lowest BCUT2D eigenvalue weighted by Crippen LogP contribution is -2.33. The first-order valence-corrected chi connectivity index (χ1v) is 11.6. The van der Waals surface area contributed by atoms with Crippen LogP contribution in [0.5, 0.6) is 5.75 Å². The van der Waals surface area contributed by atoms with Crippen LogP contribution < -0.4 is 14.6 Å². The van der Waals surface area contributed by atoms with Crippen molar-refractivity contribution in [1.82, 2.24) is 0 Å². The Balaban J connectivity index is 1.35. The summed E-state index contributed by atoms with van der Waals surface area (Å²) in [4.78, 5) is 27.2. The average Bonchev–Trinajstić information content (AvgIpc) is 3.21. The Morgan fingerprint density at radius 1 is 1.03 bits per heavy atom. The molecule has 0 fully saturated rings. The zero-order valence-corrected chi connectivity index (χ0v) is 19.1. The number of ether oxygens (including phenoxy) is 1. The minimum absolute atomic E-state index is 0.0743. The number of hydrogen-bond donors (Lipinski definition) is 1. The van der Waals surface area contributed by atoms with Gasteiger partial charge in [0, 0.05) is 12.2 Å². The molecule has 176 valence electrons. The summed E-state index contributed by atoms with van der Waals surface area (Å²) in [5, 5.41) is 14.9. The fourth-order valence-electron chi connectivity index (χ4n) is 4.42. The Morgan fingerprint density at radius 3 is 2.51 bits per heavy atom. The van der Waals surface area contributed by atoms with Gasteiger partial charge in [0.25, 0.3) is 5.91 Å². The van der Waals surface area contributed by atoms with Crippen molar-refractivity contribution in [2.45, 2.75) is 12.8 Å². The highest BCUT2D eigenvalue weighted by atomic mass is 16.5. The molecule has 35 heavy (non-hydrogen) atoms. The minimum atomic E-state index is -1.23. The second kappa shape index (κ2) is 9.85. The number of nitrogens with zero attached hydrogens (tertiary/aromatic N) is 3. The summed E-state index contributed by atoms with van der Waals surface area (Å²) in [5.74, 6) is -0.829. The van der Waals surface area contributed by atoms with Crippen molar-refractivity contribution in [3.8, 4) is 5.75 Å². The maximum Gasteiger partial charge on any atom is 0.357 e. The molecule has 2 aliphatic rings. The van der Waals surface area contributed by atoms with Gasteiger partial charge in [-0.05, 0) is 66.4 Å². The van der Waals surface area contributed by atoms with Crippen LogP contribution in [0.15, 0.2) is 89.5 Å². The number of rotatable bonds is 7. The van der Waals surface area contributed by atoms with E-state index in [4.69, 9.17) is 4.74 Å². The summed E-state index contributed by atoms with van der Waals surface area (Å²) in [6.45, 7) is 2.30. The Kier molecular flexibility index (Phi) is 6.30. The molecule has 1 N–H and O–H groups in total. The Bertz CT molecular complexity index is 1300. The number of anilines is 2. The smallest absolute Gasteiger partial charge is 0.357 e. The largest absolute Gasteiger partial charge is 0.492 e. The van der Waals surface area contributed by atoms with Crippen LogP contribution in [0.25, 0.3) is 6.08 Å². The molecule has 7 heteroatoms. The summed E-state index contributed by atoms with van der Waals surface area (Å²) in [6, 6.07) is 24.6. The number of carbonyl (C=O) groups is 2. The van der Waals surface area contributed by atoms with Gasteiger partial charge in [-0.25, -0.2) is 4.79 Å². The van der Waals surface area contributed by atoms with Gasteiger partial charge >= 0.3 is 5.97 Å². The van der Waals surface area contributed by atoms with Gasteiger partial charge in [0.2, 0.25) is 0 Å². The van der Waals surface area contributed by atoms with Crippen LogP contribution in [0.2, 0.25) is 0 Å². The van der Waals surface area contributed by atoms with Crippen molar-refractivity contribution in [3.05, 3.63) is 95.6 Å². The molecule has 0 saturated carbocycles. The predicted molar refractivity (Wildman–Crippen MR) is 136 cm³/mol. The van der Waals surface area contributed by atoms with Gasteiger partial charge in [0.05, 0.1) is 17.8 Å². The molecule has 0 spiro atoms. The number of carboxylic acid groups (broad SMARTS) is 1. The van der Waals surface area contributed by atoms with Crippen LogP contribution in [-0.4, -0.2) is 42.4 Å². The van der Waals surface area contributed by atoms with E-state index in [1.165, 1.54) is 5.56 Å². The third kappa shape index (κ3) is 4.80.